The van der Waals surface area contributed by atoms with Crippen LogP contribution in [0.3, 0.4) is 0 Å². The fourth-order valence-electron chi connectivity index (χ4n) is 2.90. The van der Waals surface area contributed by atoms with Crippen LogP contribution in [0.15, 0.2) is 30.3 Å². The number of amides is 1. The SMILES string of the molecule is CCO[C@H]1CN(C(=O)c2cc(OC)nc3ccccc23)C[C@@H]1O. The Kier molecular flexibility index (Phi) is 4.45. The normalized spacial score (nSPS) is 20.9. The zero-order valence-electron chi connectivity index (χ0n) is 13.2. The highest BCUT2D eigenvalue weighted by Gasteiger charge is 2.35. The lowest BCUT2D eigenvalue weighted by atomic mass is 10.1. The van der Waals surface area contributed by atoms with Crippen LogP contribution >= 0.6 is 0 Å². The van der Waals surface area contributed by atoms with Gasteiger partial charge in [-0.2, -0.15) is 0 Å². The highest BCUT2D eigenvalue weighted by Crippen LogP contribution is 2.25. The molecule has 1 aromatic carbocycles. The molecule has 2 atom stereocenters. The summed E-state index contributed by atoms with van der Waals surface area (Å²) in [6.45, 7) is 3.03. The van der Waals surface area contributed by atoms with Crippen LogP contribution in [0.25, 0.3) is 10.9 Å². The summed E-state index contributed by atoms with van der Waals surface area (Å²) in [5.41, 5.74) is 1.23. The molecule has 1 saturated heterocycles. The van der Waals surface area contributed by atoms with E-state index in [0.717, 1.165) is 5.39 Å². The molecular weight excluding hydrogens is 296 g/mol. The topological polar surface area (TPSA) is 71.9 Å². The lowest BCUT2D eigenvalue weighted by Gasteiger charge is -2.17. The fourth-order valence-corrected chi connectivity index (χ4v) is 2.90. The standard InChI is InChI=1S/C17H20N2O4/c1-3-23-15-10-19(9-14(15)20)17(21)12-8-16(22-2)18-13-7-5-4-6-11(12)13/h4-8,14-15,20H,3,9-10H2,1-2H3/t14-,15-/m0/s1. The number of likely N-dealkylation sites (tertiary alicyclic amines) is 1. The maximum absolute atomic E-state index is 12.9. The van der Waals surface area contributed by atoms with E-state index >= 15 is 0 Å². The molecule has 1 aliphatic rings. The van der Waals surface area contributed by atoms with E-state index in [1.807, 2.05) is 31.2 Å². The van der Waals surface area contributed by atoms with Crippen molar-refractivity contribution in [2.45, 2.75) is 19.1 Å². The minimum absolute atomic E-state index is 0.150. The van der Waals surface area contributed by atoms with Crippen LogP contribution in [0.1, 0.15) is 17.3 Å². The number of benzene rings is 1. The van der Waals surface area contributed by atoms with Crippen molar-refractivity contribution in [3.63, 3.8) is 0 Å². The largest absolute Gasteiger partial charge is 0.481 e. The van der Waals surface area contributed by atoms with E-state index in [0.29, 0.717) is 30.1 Å². The number of hydrogen-bond donors (Lipinski definition) is 1. The molecule has 2 aromatic rings. The number of rotatable bonds is 4. The Hall–Kier alpha value is -2.18. The Balaban J connectivity index is 1.95. The van der Waals surface area contributed by atoms with E-state index < -0.39 is 6.10 Å². The number of para-hydroxylation sites is 1. The van der Waals surface area contributed by atoms with Crippen molar-refractivity contribution in [3.05, 3.63) is 35.9 Å². The number of aromatic nitrogens is 1. The van der Waals surface area contributed by atoms with Crippen molar-refractivity contribution in [1.82, 2.24) is 9.88 Å². The lowest BCUT2D eigenvalue weighted by molar-refractivity contribution is -0.00237. The number of pyridine rings is 1. The van der Waals surface area contributed by atoms with Crippen LogP contribution < -0.4 is 4.74 Å². The molecule has 1 amide bonds. The average Bonchev–Trinajstić information content (AvgIpc) is 2.94. The number of carbonyl (C=O) groups is 1. The van der Waals surface area contributed by atoms with Crippen molar-refractivity contribution in [1.29, 1.82) is 0 Å². The van der Waals surface area contributed by atoms with E-state index in [2.05, 4.69) is 4.98 Å². The number of fused-ring (bicyclic) bond motifs is 1. The summed E-state index contributed by atoms with van der Waals surface area (Å²) >= 11 is 0. The van der Waals surface area contributed by atoms with Crippen LogP contribution in [-0.2, 0) is 4.74 Å². The number of carbonyl (C=O) groups excluding carboxylic acids is 1. The van der Waals surface area contributed by atoms with Crippen LogP contribution in [0.5, 0.6) is 5.88 Å². The van der Waals surface area contributed by atoms with E-state index in [4.69, 9.17) is 9.47 Å². The molecule has 23 heavy (non-hydrogen) atoms. The molecule has 1 fully saturated rings. The molecule has 0 spiro atoms. The van der Waals surface area contributed by atoms with Crippen LogP contribution in [-0.4, -0.2) is 59.9 Å². The number of ether oxygens (including phenoxy) is 2. The van der Waals surface area contributed by atoms with Gasteiger partial charge >= 0.3 is 0 Å². The Bertz CT molecular complexity index is 719. The van der Waals surface area contributed by atoms with Crippen LogP contribution in [0.4, 0.5) is 0 Å². The van der Waals surface area contributed by atoms with Gasteiger partial charge in [0.2, 0.25) is 5.88 Å². The summed E-state index contributed by atoms with van der Waals surface area (Å²) in [5, 5.41) is 10.8. The molecule has 6 nitrogen and oxygen atoms in total. The average molecular weight is 316 g/mol. The molecule has 1 N–H and O–H groups in total. The third kappa shape index (κ3) is 3.00. The van der Waals surface area contributed by atoms with Crippen LogP contribution in [0, 0.1) is 0 Å². The van der Waals surface area contributed by atoms with Gasteiger partial charge in [-0.05, 0) is 13.0 Å². The first-order chi connectivity index (χ1) is 11.1. The highest BCUT2D eigenvalue weighted by atomic mass is 16.5. The molecule has 0 bridgehead atoms. The van der Waals surface area contributed by atoms with Crippen LogP contribution in [0.2, 0.25) is 0 Å². The second-order valence-electron chi connectivity index (χ2n) is 5.50. The molecule has 2 heterocycles. The molecule has 1 aliphatic heterocycles. The number of methoxy groups -OCH3 is 1. The monoisotopic (exact) mass is 316 g/mol. The predicted octanol–water partition coefficient (Wildman–Crippen LogP) is 1.47. The fraction of sp³-hybridized carbons (Fsp3) is 0.412. The first-order valence-corrected chi connectivity index (χ1v) is 7.66. The van der Waals surface area contributed by atoms with Gasteiger partial charge in [-0.1, -0.05) is 18.2 Å². The summed E-state index contributed by atoms with van der Waals surface area (Å²) in [7, 11) is 1.52. The van der Waals surface area contributed by atoms with Crippen molar-refractivity contribution in [3.8, 4) is 5.88 Å². The van der Waals surface area contributed by atoms with Crippen molar-refractivity contribution < 1.29 is 19.4 Å². The third-order valence-corrected chi connectivity index (χ3v) is 4.04. The van der Waals surface area contributed by atoms with Crippen molar-refractivity contribution in [2.24, 2.45) is 0 Å². The van der Waals surface area contributed by atoms with E-state index in [9.17, 15) is 9.90 Å². The number of aliphatic hydroxyl groups excluding tert-OH is 1. The first-order valence-electron chi connectivity index (χ1n) is 7.66. The Morgan fingerprint density at radius 2 is 2.17 bits per heavy atom. The Morgan fingerprint density at radius 1 is 1.39 bits per heavy atom. The molecule has 0 radical (unpaired) electrons. The third-order valence-electron chi connectivity index (χ3n) is 4.04. The number of β-amino-alcohol motifs (C(OH)–C–C–N with tert-alkyl or cyclic N) is 1. The van der Waals surface area contributed by atoms with Gasteiger partial charge in [-0.3, -0.25) is 4.79 Å². The molecule has 1 aromatic heterocycles. The summed E-state index contributed by atoms with van der Waals surface area (Å²) in [6.07, 6.45) is -0.993. The predicted molar refractivity (Wildman–Crippen MR) is 85.6 cm³/mol. The van der Waals surface area contributed by atoms with E-state index in [-0.39, 0.29) is 18.6 Å². The second kappa shape index (κ2) is 6.52. The quantitative estimate of drug-likeness (QED) is 0.925. The van der Waals surface area contributed by atoms with Crippen molar-refractivity contribution in [2.75, 3.05) is 26.8 Å². The second-order valence-corrected chi connectivity index (χ2v) is 5.50. The zero-order valence-corrected chi connectivity index (χ0v) is 13.2. The molecule has 6 heteroatoms. The Morgan fingerprint density at radius 3 is 2.91 bits per heavy atom. The molecule has 0 saturated carbocycles. The summed E-state index contributed by atoms with van der Waals surface area (Å²) in [6, 6.07) is 9.09. The van der Waals surface area contributed by atoms with E-state index in [1.54, 1.807) is 11.0 Å². The van der Waals surface area contributed by atoms with Gasteiger partial charge in [0.1, 0.15) is 6.10 Å². The van der Waals surface area contributed by atoms with Gasteiger partial charge in [0.05, 0.1) is 24.3 Å². The molecule has 122 valence electrons. The Labute approximate surface area is 134 Å². The smallest absolute Gasteiger partial charge is 0.254 e. The van der Waals surface area contributed by atoms with Gasteiger partial charge < -0.3 is 19.5 Å². The first kappa shape index (κ1) is 15.7. The van der Waals surface area contributed by atoms with Gasteiger partial charge in [-0.25, -0.2) is 4.98 Å². The van der Waals surface area contributed by atoms with E-state index in [1.165, 1.54) is 7.11 Å². The maximum Gasteiger partial charge on any atom is 0.254 e. The van der Waals surface area contributed by atoms with Gasteiger partial charge in [0.25, 0.3) is 5.91 Å². The van der Waals surface area contributed by atoms with Crippen molar-refractivity contribution >= 4 is 16.8 Å². The summed E-state index contributed by atoms with van der Waals surface area (Å²) in [5.74, 6) is 0.247. The maximum atomic E-state index is 12.9. The lowest BCUT2D eigenvalue weighted by Crippen LogP contribution is -2.30. The van der Waals surface area contributed by atoms with Gasteiger partial charge in [-0.15, -0.1) is 0 Å². The molecule has 0 unspecified atom stereocenters. The summed E-state index contributed by atoms with van der Waals surface area (Å²) < 4.78 is 10.7. The minimum atomic E-state index is -0.658. The van der Waals surface area contributed by atoms with Gasteiger partial charge in [0, 0.05) is 31.1 Å². The molecule has 0 aliphatic carbocycles. The molecular formula is C17H20N2O4. The van der Waals surface area contributed by atoms with Gasteiger partial charge in [0.15, 0.2) is 0 Å². The minimum Gasteiger partial charge on any atom is -0.481 e. The molecule has 3 rings (SSSR count). The highest BCUT2D eigenvalue weighted by molar-refractivity contribution is 6.06. The zero-order chi connectivity index (χ0) is 16.4. The summed E-state index contributed by atoms with van der Waals surface area (Å²) in [4.78, 5) is 18.9. The number of aliphatic hydroxyl groups is 1. The number of nitrogens with zero attached hydrogens (tertiary/aromatic N) is 2. The number of hydrogen-bond acceptors (Lipinski definition) is 5.